The zero-order valence-corrected chi connectivity index (χ0v) is 10.2. The van der Waals surface area contributed by atoms with Gasteiger partial charge in [-0.2, -0.15) is 0 Å². The highest BCUT2D eigenvalue weighted by Gasteiger charge is 2.19. The van der Waals surface area contributed by atoms with Gasteiger partial charge in [0, 0.05) is 19.2 Å². The Morgan fingerprint density at radius 1 is 1.53 bits per heavy atom. The molecule has 2 N–H and O–H groups in total. The van der Waals surface area contributed by atoms with Crippen molar-refractivity contribution in [2.45, 2.75) is 51.7 Å². The average Bonchev–Trinajstić information content (AvgIpc) is 2.24. The van der Waals surface area contributed by atoms with E-state index in [9.17, 15) is 0 Å². The molecule has 0 radical (unpaired) electrons. The molecule has 1 saturated heterocycles. The predicted octanol–water partition coefficient (Wildman–Crippen LogP) is 1.61. The van der Waals surface area contributed by atoms with E-state index in [0.29, 0.717) is 12.1 Å². The van der Waals surface area contributed by atoms with Crippen LogP contribution in [0.4, 0.5) is 0 Å². The molecule has 2 unspecified atom stereocenters. The summed E-state index contributed by atoms with van der Waals surface area (Å²) in [5.41, 5.74) is 5.77. The Morgan fingerprint density at radius 3 is 3.00 bits per heavy atom. The lowest BCUT2D eigenvalue weighted by Gasteiger charge is -2.32. The Labute approximate surface area is 94.0 Å². The van der Waals surface area contributed by atoms with Gasteiger partial charge in [-0.3, -0.25) is 0 Å². The molecule has 1 aliphatic heterocycles. The van der Waals surface area contributed by atoms with Gasteiger partial charge in [-0.1, -0.05) is 6.92 Å². The van der Waals surface area contributed by atoms with Crippen LogP contribution in [0.5, 0.6) is 0 Å². The summed E-state index contributed by atoms with van der Waals surface area (Å²) in [5.74, 6) is 0. The fraction of sp³-hybridized carbons (Fsp3) is 1.00. The third-order valence-corrected chi connectivity index (χ3v) is 2.92. The van der Waals surface area contributed by atoms with E-state index in [4.69, 9.17) is 10.5 Å². The second kappa shape index (κ2) is 7.20. The zero-order chi connectivity index (χ0) is 11.1. The van der Waals surface area contributed by atoms with Crippen molar-refractivity contribution in [2.24, 2.45) is 5.73 Å². The average molecular weight is 214 g/mol. The van der Waals surface area contributed by atoms with Gasteiger partial charge in [0.25, 0.3) is 0 Å². The minimum atomic E-state index is 0.321. The van der Waals surface area contributed by atoms with Gasteiger partial charge in [0.05, 0.1) is 6.10 Å². The van der Waals surface area contributed by atoms with Crippen LogP contribution in [0.3, 0.4) is 0 Å². The van der Waals surface area contributed by atoms with E-state index >= 15 is 0 Å². The maximum atomic E-state index is 5.80. The molecule has 90 valence electrons. The van der Waals surface area contributed by atoms with Crippen LogP contribution in [0.25, 0.3) is 0 Å². The van der Waals surface area contributed by atoms with Crippen molar-refractivity contribution in [1.82, 2.24) is 4.90 Å². The van der Waals surface area contributed by atoms with Crippen LogP contribution in [0, 0.1) is 0 Å². The Morgan fingerprint density at radius 2 is 2.33 bits per heavy atom. The lowest BCUT2D eigenvalue weighted by atomic mass is 10.1. The first kappa shape index (κ1) is 12.9. The molecular weight excluding hydrogens is 188 g/mol. The number of piperidine rings is 1. The van der Waals surface area contributed by atoms with Gasteiger partial charge in [0.1, 0.15) is 0 Å². The highest BCUT2D eigenvalue weighted by molar-refractivity contribution is 4.74. The molecule has 3 heteroatoms. The summed E-state index contributed by atoms with van der Waals surface area (Å²) in [6.45, 7) is 8.60. The van der Waals surface area contributed by atoms with Gasteiger partial charge in [-0.15, -0.1) is 0 Å². The standard InChI is InChI=1S/C12H26N2O/c1-3-9-15-12-5-4-7-14(10-12)8-6-11(2)13/h11-12H,3-10,13H2,1-2H3. The van der Waals surface area contributed by atoms with Crippen LogP contribution < -0.4 is 5.73 Å². The summed E-state index contributed by atoms with van der Waals surface area (Å²) in [5, 5.41) is 0. The molecule has 0 aromatic carbocycles. The second-order valence-electron chi connectivity index (χ2n) is 4.70. The van der Waals surface area contributed by atoms with Gasteiger partial charge in [0.15, 0.2) is 0 Å². The number of ether oxygens (including phenoxy) is 1. The number of hydrogen-bond donors (Lipinski definition) is 1. The summed E-state index contributed by atoms with van der Waals surface area (Å²) >= 11 is 0. The zero-order valence-electron chi connectivity index (χ0n) is 10.2. The molecule has 0 bridgehead atoms. The molecule has 1 aliphatic rings. The number of rotatable bonds is 6. The van der Waals surface area contributed by atoms with Crippen LogP contribution >= 0.6 is 0 Å². The highest BCUT2D eigenvalue weighted by atomic mass is 16.5. The summed E-state index contributed by atoms with van der Waals surface area (Å²) < 4.78 is 5.80. The summed E-state index contributed by atoms with van der Waals surface area (Å²) in [6.07, 6.45) is 5.19. The lowest BCUT2D eigenvalue weighted by molar-refractivity contribution is -0.000521. The van der Waals surface area contributed by atoms with Gasteiger partial charge in [-0.25, -0.2) is 0 Å². The first-order valence-electron chi connectivity index (χ1n) is 6.32. The van der Waals surface area contributed by atoms with E-state index in [1.165, 1.54) is 19.4 Å². The smallest absolute Gasteiger partial charge is 0.0702 e. The van der Waals surface area contributed by atoms with Gasteiger partial charge in [-0.05, 0) is 45.7 Å². The van der Waals surface area contributed by atoms with Crippen molar-refractivity contribution in [2.75, 3.05) is 26.2 Å². The summed E-state index contributed by atoms with van der Waals surface area (Å²) in [6, 6.07) is 0.321. The Bertz CT molecular complexity index is 162. The maximum Gasteiger partial charge on any atom is 0.0702 e. The highest BCUT2D eigenvalue weighted by Crippen LogP contribution is 2.13. The van der Waals surface area contributed by atoms with Crippen molar-refractivity contribution in [3.63, 3.8) is 0 Å². The van der Waals surface area contributed by atoms with Crippen molar-refractivity contribution in [3.8, 4) is 0 Å². The molecule has 3 nitrogen and oxygen atoms in total. The lowest BCUT2D eigenvalue weighted by Crippen LogP contribution is -2.41. The largest absolute Gasteiger partial charge is 0.377 e. The fourth-order valence-electron chi connectivity index (χ4n) is 2.02. The monoisotopic (exact) mass is 214 g/mol. The number of hydrogen-bond acceptors (Lipinski definition) is 3. The van der Waals surface area contributed by atoms with Crippen molar-refractivity contribution >= 4 is 0 Å². The van der Waals surface area contributed by atoms with Crippen molar-refractivity contribution in [1.29, 1.82) is 0 Å². The Kier molecular flexibility index (Phi) is 6.22. The van der Waals surface area contributed by atoms with Crippen molar-refractivity contribution in [3.05, 3.63) is 0 Å². The molecule has 1 fully saturated rings. The number of nitrogens with zero attached hydrogens (tertiary/aromatic N) is 1. The molecule has 0 spiro atoms. The van der Waals surface area contributed by atoms with Gasteiger partial charge >= 0.3 is 0 Å². The third kappa shape index (κ3) is 5.50. The predicted molar refractivity (Wildman–Crippen MR) is 64.0 cm³/mol. The van der Waals surface area contributed by atoms with Crippen LogP contribution in [0.1, 0.15) is 39.5 Å². The summed E-state index contributed by atoms with van der Waals surface area (Å²) in [7, 11) is 0. The maximum absolute atomic E-state index is 5.80. The fourth-order valence-corrected chi connectivity index (χ4v) is 2.02. The van der Waals surface area contributed by atoms with E-state index in [-0.39, 0.29) is 0 Å². The molecule has 0 aromatic heterocycles. The Balaban J connectivity index is 2.17. The summed E-state index contributed by atoms with van der Waals surface area (Å²) in [4.78, 5) is 2.49. The third-order valence-electron chi connectivity index (χ3n) is 2.92. The van der Waals surface area contributed by atoms with E-state index < -0.39 is 0 Å². The molecule has 15 heavy (non-hydrogen) atoms. The second-order valence-corrected chi connectivity index (χ2v) is 4.70. The quantitative estimate of drug-likeness (QED) is 0.730. The van der Waals surface area contributed by atoms with Crippen molar-refractivity contribution < 1.29 is 4.74 Å². The molecule has 0 aromatic rings. The SMILES string of the molecule is CCCOC1CCCN(CCC(C)N)C1. The van der Waals surface area contributed by atoms with Gasteiger partial charge in [0.2, 0.25) is 0 Å². The van der Waals surface area contributed by atoms with E-state index in [1.807, 2.05) is 0 Å². The number of nitrogens with two attached hydrogens (primary N) is 1. The topological polar surface area (TPSA) is 38.5 Å². The molecule has 0 aliphatic carbocycles. The van der Waals surface area contributed by atoms with Crippen LogP contribution in [0.2, 0.25) is 0 Å². The normalized spacial score (nSPS) is 25.4. The number of likely N-dealkylation sites (tertiary alicyclic amines) is 1. The first-order chi connectivity index (χ1) is 7.22. The first-order valence-corrected chi connectivity index (χ1v) is 6.32. The minimum Gasteiger partial charge on any atom is -0.377 e. The van der Waals surface area contributed by atoms with Crippen LogP contribution in [-0.2, 0) is 4.74 Å². The molecule has 0 saturated carbocycles. The molecular formula is C12H26N2O. The van der Waals surface area contributed by atoms with Gasteiger partial charge < -0.3 is 15.4 Å². The van der Waals surface area contributed by atoms with Crippen LogP contribution in [0.15, 0.2) is 0 Å². The molecule has 0 amide bonds. The molecule has 2 atom stereocenters. The Hall–Kier alpha value is -0.120. The van der Waals surface area contributed by atoms with E-state index in [2.05, 4.69) is 18.7 Å². The minimum absolute atomic E-state index is 0.321. The molecule has 1 rings (SSSR count). The van der Waals surface area contributed by atoms with E-state index in [0.717, 1.165) is 32.5 Å². The van der Waals surface area contributed by atoms with E-state index in [1.54, 1.807) is 0 Å². The van der Waals surface area contributed by atoms with Crippen LogP contribution in [-0.4, -0.2) is 43.3 Å². The molecule has 1 heterocycles.